The van der Waals surface area contributed by atoms with Crippen molar-refractivity contribution in [2.75, 3.05) is 13.2 Å². The van der Waals surface area contributed by atoms with Crippen LogP contribution in [0.25, 0.3) is 0 Å². The Morgan fingerprint density at radius 2 is 1.82 bits per heavy atom. The van der Waals surface area contributed by atoms with E-state index in [-0.39, 0.29) is 13.2 Å². The van der Waals surface area contributed by atoms with Crippen molar-refractivity contribution in [3.63, 3.8) is 0 Å². The van der Waals surface area contributed by atoms with Crippen LogP contribution in [0.3, 0.4) is 0 Å². The molecule has 1 rings (SSSR count). The molecule has 0 radical (unpaired) electrons. The highest BCUT2D eigenvalue weighted by Crippen LogP contribution is 2.14. The third kappa shape index (κ3) is 1.69. The maximum absolute atomic E-state index is 9.11. The first-order valence-electron chi connectivity index (χ1n) is 3.43. The lowest BCUT2D eigenvalue weighted by Crippen LogP contribution is -2.53. The van der Waals surface area contributed by atoms with Crippen LogP contribution < -0.4 is 0 Å². The molecule has 0 aromatic carbocycles. The molecule has 0 aromatic rings. The van der Waals surface area contributed by atoms with Gasteiger partial charge >= 0.3 is 0 Å². The van der Waals surface area contributed by atoms with E-state index in [0.29, 0.717) is 0 Å². The number of ether oxygens (including phenoxy) is 1. The molecule has 66 valence electrons. The molecule has 0 bridgehead atoms. The van der Waals surface area contributed by atoms with E-state index in [4.69, 9.17) is 25.2 Å². The zero-order chi connectivity index (χ0) is 8.43. The number of aliphatic hydroxyl groups is 4. The summed E-state index contributed by atoms with van der Waals surface area (Å²) in [5.41, 5.74) is 0. The molecule has 1 aliphatic rings. The third-order valence-corrected chi connectivity index (χ3v) is 1.79. The minimum Gasteiger partial charge on any atom is -0.394 e. The fourth-order valence-electron chi connectivity index (χ4n) is 1.03. The van der Waals surface area contributed by atoms with Crippen molar-refractivity contribution in [1.82, 2.24) is 0 Å². The highest BCUT2D eigenvalue weighted by Gasteiger charge is 2.36. The van der Waals surface area contributed by atoms with Crippen LogP contribution in [0.5, 0.6) is 0 Å². The van der Waals surface area contributed by atoms with E-state index in [9.17, 15) is 0 Å². The van der Waals surface area contributed by atoms with E-state index < -0.39 is 24.4 Å². The number of hydrogen-bond donors (Lipinski definition) is 4. The minimum atomic E-state index is -1.22. The van der Waals surface area contributed by atoms with Gasteiger partial charge in [0.25, 0.3) is 0 Å². The van der Waals surface area contributed by atoms with Gasteiger partial charge in [0.2, 0.25) is 0 Å². The number of rotatable bonds is 1. The summed E-state index contributed by atoms with van der Waals surface area (Å²) in [6.07, 6.45) is -4.27. The molecule has 1 fully saturated rings. The summed E-state index contributed by atoms with van der Waals surface area (Å²) >= 11 is 0. The van der Waals surface area contributed by atoms with Gasteiger partial charge in [-0.05, 0) is 0 Å². The summed E-state index contributed by atoms with van der Waals surface area (Å²) in [4.78, 5) is 0. The number of aliphatic hydroxyl groups excluding tert-OH is 4. The molecule has 4 N–H and O–H groups in total. The van der Waals surface area contributed by atoms with E-state index in [0.717, 1.165) is 0 Å². The predicted molar refractivity (Wildman–Crippen MR) is 34.8 cm³/mol. The fourth-order valence-corrected chi connectivity index (χ4v) is 1.03. The van der Waals surface area contributed by atoms with E-state index in [2.05, 4.69) is 0 Å². The average molecular weight is 164 g/mol. The van der Waals surface area contributed by atoms with Gasteiger partial charge in [0.15, 0.2) is 0 Å². The monoisotopic (exact) mass is 164 g/mol. The van der Waals surface area contributed by atoms with Crippen LogP contribution >= 0.6 is 0 Å². The summed E-state index contributed by atoms with van der Waals surface area (Å²) in [6.45, 7) is -0.408. The molecular weight excluding hydrogens is 152 g/mol. The van der Waals surface area contributed by atoms with Crippen molar-refractivity contribution >= 4 is 0 Å². The van der Waals surface area contributed by atoms with Gasteiger partial charge in [0, 0.05) is 0 Å². The Balaban J connectivity index is 2.52. The summed E-state index contributed by atoms with van der Waals surface area (Å²) in [6, 6.07) is 0. The Morgan fingerprint density at radius 3 is 2.36 bits per heavy atom. The van der Waals surface area contributed by atoms with Gasteiger partial charge in [-0.3, -0.25) is 0 Å². The maximum Gasteiger partial charge on any atom is 0.111 e. The van der Waals surface area contributed by atoms with Gasteiger partial charge in [-0.25, -0.2) is 0 Å². The molecule has 4 atom stereocenters. The second-order valence-corrected chi connectivity index (χ2v) is 2.60. The molecular formula is C6H12O5. The highest BCUT2D eigenvalue weighted by atomic mass is 16.5. The van der Waals surface area contributed by atoms with Gasteiger partial charge in [-0.2, -0.15) is 0 Å². The standard InChI is InChI=1S/C6H12O5/c7-1-4-6(10)5(9)3(8)2-11-4/h3-10H,1-2H2/t3-,4+,5-,6-/m0/s1. The number of hydrogen-bond acceptors (Lipinski definition) is 5. The normalized spacial score (nSPS) is 45.8. The zero-order valence-electron chi connectivity index (χ0n) is 5.92. The molecule has 1 heterocycles. The minimum absolute atomic E-state index is 0.0521. The third-order valence-electron chi connectivity index (χ3n) is 1.79. The molecule has 0 unspecified atom stereocenters. The molecule has 0 saturated carbocycles. The van der Waals surface area contributed by atoms with Crippen LogP contribution in [0.15, 0.2) is 0 Å². The van der Waals surface area contributed by atoms with Crippen LogP contribution in [0.4, 0.5) is 0 Å². The van der Waals surface area contributed by atoms with Crippen LogP contribution in [0, 0.1) is 0 Å². The van der Waals surface area contributed by atoms with Gasteiger partial charge in [-0.1, -0.05) is 0 Å². The first-order valence-corrected chi connectivity index (χ1v) is 3.43. The summed E-state index contributed by atoms with van der Waals surface area (Å²) in [5, 5.41) is 35.7. The Kier molecular flexibility index (Phi) is 2.80. The lowest BCUT2D eigenvalue weighted by atomic mass is 10.0. The van der Waals surface area contributed by atoms with Crippen molar-refractivity contribution in [2.45, 2.75) is 24.4 Å². The molecule has 1 saturated heterocycles. The summed E-state index contributed by atoms with van der Waals surface area (Å²) < 4.78 is 4.81. The van der Waals surface area contributed by atoms with Crippen molar-refractivity contribution in [3.8, 4) is 0 Å². The molecule has 0 aliphatic carbocycles. The highest BCUT2D eigenvalue weighted by molar-refractivity contribution is 4.85. The molecule has 1 aliphatic heterocycles. The lowest BCUT2D eigenvalue weighted by Gasteiger charge is -2.34. The molecule has 11 heavy (non-hydrogen) atoms. The van der Waals surface area contributed by atoms with Crippen LogP contribution in [-0.4, -0.2) is 58.1 Å². The first kappa shape index (κ1) is 8.89. The SMILES string of the molecule is OC[C@H]1OC[C@H](O)[C@H](O)[C@H]1O. The summed E-state index contributed by atoms with van der Waals surface area (Å²) in [7, 11) is 0. The van der Waals surface area contributed by atoms with Crippen molar-refractivity contribution < 1.29 is 25.2 Å². The predicted octanol–water partition coefficient (Wildman–Crippen LogP) is -2.54. The van der Waals surface area contributed by atoms with Crippen molar-refractivity contribution in [2.24, 2.45) is 0 Å². The second kappa shape index (κ2) is 3.46. The van der Waals surface area contributed by atoms with Crippen LogP contribution in [0.2, 0.25) is 0 Å². The van der Waals surface area contributed by atoms with E-state index in [1.54, 1.807) is 0 Å². The smallest absolute Gasteiger partial charge is 0.111 e. The van der Waals surface area contributed by atoms with E-state index in [1.807, 2.05) is 0 Å². The Labute approximate surface area is 63.8 Å². The lowest BCUT2D eigenvalue weighted by molar-refractivity contribution is -0.195. The van der Waals surface area contributed by atoms with E-state index in [1.165, 1.54) is 0 Å². The van der Waals surface area contributed by atoms with Gasteiger partial charge in [0.1, 0.15) is 24.4 Å². The Hall–Kier alpha value is -0.200. The maximum atomic E-state index is 9.11. The Morgan fingerprint density at radius 1 is 1.18 bits per heavy atom. The molecule has 0 amide bonds. The van der Waals surface area contributed by atoms with E-state index >= 15 is 0 Å². The average Bonchev–Trinajstić information content (AvgIpc) is 2.01. The van der Waals surface area contributed by atoms with Gasteiger partial charge in [0.05, 0.1) is 13.2 Å². The topological polar surface area (TPSA) is 90.2 Å². The van der Waals surface area contributed by atoms with Crippen molar-refractivity contribution in [3.05, 3.63) is 0 Å². The van der Waals surface area contributed by atoms with Gasteiger partial charge in [-0.15, -0.1) is 0 Å². The zero-order valence-corrected chi connectivity index (χ0v) is 5.92. The molecule has 0 aromatic heterocycles. The quantitative estimate of drug-likeness (QED) is 0.343. The first-order chi connectivity index (χ1) is 5.16. The van der Waals surface area contributed by atoms with Gasteiger partial charge < -0.3 is 25.2 Å². The largest absolute Gasteiger partial charge is 0.394 e. The molecule has 5 heteroatoms. The van der Waals surface area contributed by atoms with Crippen LogP contribution in [0.1, 0.15) is 0 Å². The molecule has 5 nitrogen and oxygen atoms in total. The van der Waals surface area contributed by atoms with Crippen LogP contribution in [-0.2, 0) is 4.74 Å². The molecule has 0 spiro atoms. The second-order valence-electron chi connectivity index (χ2n) is 2.60. The Bertz CT molecular complexity index is 126. The fraction of sp³-hybridized carbons (Fsp3) is 1.00. The van der Waals surface area contributed by atoms with Crippen molar-refractivity contribution in [1.29, 1.82) is 0 Å². The summed E-state index contributed by atoms with van der Waals surface area (Å²) in [5.74, 6) is 0.